The van der Waals surface area contributed by atoms with Crippen LogP contribution in [0.4, 0.5) is 4.39 Å². The number of carbonyl (C=O) groups is 1. The van der Waals surface area contributed by atoms with Gasteiger partial charge in [-0.25, -0.2) is 4.39 Å². The summed E-state index contributed by atoms with van der Waals surface area (Å²) in [5, 5.41) is 6.22. The quantitative estimate of drug-likeness (QED) is 0.639. The Labute approximate surface area is 159 Å². The van der Waals surface area contributed by atoms with E-state index in [-0.39, 0.29) is 24.3 Å². The van der Waals surface area contributed by atoms with Crippen molar-refractivity contribution in [1.82, 2.24) is 10.6 Å². The first-order chi connectivity index (χ1) is 13.2. The van der Waals surface area contributed by atoms with Gasteiger partial charge in [-0.2, -0.15) is 0 Å². The molecule has 4 heteroatoms. The van der Waals surface area contributed by atoms with Crippen LogP contribution in [0, 0.1) is 5.82 Å². The van der Waals surface area contributed by atoms with Crippen LogP contribution < -0.4 is 10.6 Å². The molecule has 0 saturated heterocycles. The van der Waals surface area contributed by atoms with E-state index in [1.54, 1.807) is 12.1 Å². The molecule has 0 fully saturated rings. The van der Waals surface area contributed by atoms with Gasteiger partial charge in [0.1, 0.15) is 5.82 Å². The topological polar surface area (TPSA) is 41.1 Å². The van der Waals surface area contributed by atoms with E-state index < -0.39 is 0 Å². The lowest BCUT2D eigenvalue weighted by molar-refractivity contribution is -0.120. The Morgan fingerprint density at radius 3 is 2.07 bits per heavy atom. The van der Waals surface area contributed by atoms with Gasteiger partial charge in [0.05, 0.1) is 12.6 Å². The molecule has 3 nitrogen and oxygen atoms in total. The maximum Gasteiger partial charge on any atom is 0.233 e. The van der Waals surface area contributed by atoms with E-state index in [1.807, 2.05) is 60.7 Å². The third-order valence-electron chi connectivity index (χ3n) is 4.38. The molecule has 27 heavy (non-hydrogen) atoms. The lowest BCUT2D eigenvalue weighted by atomic mass is 9.98. The van der Waals surface area contributed by atoms with Crippen molar-refractivity contribution in [3.05, 3.63) is 107 Å². The highest BCUT2D eigenvalue weighted by Gasteiger charge is 2.15. The summed E-state index contributed by atoms with van der Waals surface area (Å²) in [6.45, 7) is 0.781. The fourth-order valence-corrected chi connectivity index (χ4v) is 2.98. The maximum absolute atomic E-state index is 13.3. The second kappa shape index (κ2) is 9.64. The summed E-state index contributed by atoms with van der Waals surface area (Å²) in [6.07, 6.45) is 0.798. The van der Waals surface area contributed by atoms with Gasteiger partial charge in [-0.15, -0.1) is 0 Å². The standard InChI is InChI=1S/C23H23FN2O/c24-21-13-11-20(12-14-21)23(19-9-5-2-6-10-19)26-17-22(27)25-16-15-18-7-3-1-4-8-18/h1-14,23,26H,15-17H2,(H,25,27). The van der Waals surface area contributed by atoms with Crippen LogP contribution in [0.2, 0.25) is 0 Å². The summed E-state index contributed by atoms with van der Waals surface area (Å²) >= 11 is 0. The Bertz CT molecular complexity index is 835. The number of rotatable bonds is 8. The molecule has 2 N–H and O–H groups in total. The first-order valence-corrected chi connectivity index (χ1v) is 9.07. The van der Waals surface area contributed by atoms with Gasteiger partial charge in [0.15, 0.2) is 0 Å². The number of amides is 1. The molecule has 0 bridgehead atoms. The zero-order valence-corrected chi connectivity index (χ0v) is 15.1. The Morgan fingerprint density at radius 1 is 0.815 bits per heavy atom. The predicted molar refractivity (Wildman–Crippen MR) is 106 cm³/mol. The van der Waals surface area contributed by atoms with Crippen LogP contribution in [0.5, 0.6) is 0 Å². The molecule has 0 aliphatic heterocycles. The average molecular weight is 362 g/mol. The van der Waals surface area contributed by atoms with Crippen molar-refractivity contribution in [3.63, 3.8) is 0 Å². The SMILES string of the molecule is O=C(CNC(c1ccccc1)c1ccc(F)cc1)NCCc1ccccc1. The summed E-state index contributed by atoms with van der Waals surface area (Å²) < 4.78 is 13.3. The minimum atomic E-state index is -0.274. The Morgan fingerprint density at radius 2 is 1.41 bits per heavy atom. The van der Waals surface area contributed by atoms with E-state index in [0.717, 1.165) is 17.5 Å². The molecule has 0 heterocycles. The highest BCUT2D eigenvalue weighted by atomic mass is 19.1. The molecule has 3 aromatic carbocycles. The van der Waals surface area contributed by atoms with Crippen molar-refractivity contribution in [2.75, 3.05) is 13.1 Å². The number of nitrogens with one attached hydrogen (secondary N) is 2. The van der Waals surface area contributed by atoms with E-state index in [0.29, 0.717) is 6.54 Å². The van der Waals surface area contributed by atoms with Crippen molar-refractivity contribution in [2.24, 2.45) is 0 Å². The normalized spacial score (nSPS) is 11.7. The van der Waals surface area contributed by atoms with E-state index >= 15 is 0 Å². The monoisotopic (exact) mass is 362 g/mol. The van der Waals surface area contributed by atoms with Crippen LogP contribution in [0.1, 0.15) is 22.7 Å². The van der Waals surface area contributed by atoms with Crippen LogP contribution in [-0.4, -0.2) is 19.0 Å². The van der Waals surface area contributed by atoms with Gasteiger partial charge in [0, 0.05) is 6.54 Å². The molecule has 0 aromatic heterocycles. The van der Waals surface area contributed by atoms with Crippen LogP contribution in [0.25, 0.3) is 0 Å². The van der Waals surface area contributed by atoms with E-state index in [2.05, 4.69) is 10.6 Å². The molecule has 1 atom stereocenters. The van der Waals surface area contributed by atoms with Crippen molar-refractivity contribution >= 4 is 5.91 Å². The van der Waals surface area contributed by atoms with E-state index in [9.17, 15) is 9.18 Å². The van der Waals surface area contributed by atoms with Gasteiger partial charge in [0.25, 0.3) is 0 Å². The number of carbonyl (C=O) groups excluding carboxylic acids is 1. The number of hydrogen-bond acceptors (Lipinski definition) is 2. The van der Waals surface area contributed by atoms with E-state index in [1.165, 1.54) is 17.7 Å². The zero-order valence-electron chi connectivity index (χ0n) is 15.1. The van der Waals surface area contributed by atoms with Gasteiger partial charge in [-0.3, -0.25) is 10.1 Å². The molecule has 3 rings (SSSR count). The average Bonchev–Trinajstić information content (AvgIpc) is 2.71. The minimum absolute atomic E-state index is 0.0611. The second-order valence-corrected chi connectivity index (χ2v) is 6.36. The third-order valence-corrected chi connectivity index (χ3v) is 4.38. The number of halogens is 1. The van der Waals surface area contributed by atoms with Crippen LogP contribution in [0.15, 0.2) is 84.9 Å². The van der Waals surface area contributed by atoms with Gasteiger partial charge < -0.3 is 5.32 Å². The molecule has 0 aliphatic rings. The summed E-state index contributed by atoms with van der Waals surface area (Å²) in [5.41, 5.74) is 3.14. The van der Waals surface area contributed by atoms with Crippen molar-refractivity contribution in [1.29, 1.82) is 0 Å². The van der Waals surface area contributed by atoms with Crippen molar-refractivity contribution in [2.45, 2.75) is 12.5 Å². The summed E-state index contributed by atoms with van der Waals surface area (Å²) in [4.78, 5) is 12.2. The fourth-order valence-electron chi connectivity index (χ4n) is 2.98. The summed E-state index contributed by atoms with van der Waals surface area (Å²) in [5.74, 6) is -0.335. The van der Waals surface area contributed by atoms with Gasteiger partial charge in [-0.1, -0.05) is 72.8 Å². The fraction of sp³-hybridized carbons (Fsp3) is 0.174. The van der Waals surface area contributed by atoms with Crippen molar-refractivity contribution in [3.8, 4) is 0 Å². The molecular formula is C23H23FN2O. The zero-order chi connectivity index (χ0) is 18.9. The Hall–Kier alpha value is -2.98. The van der Waals surface area contributed by atoms with Crippen LogP contribution in [0.3, 0.4) is 0 Å². The minimum Gasteiger partial charge on any atom is -0.355 e. The molecule has 1 amide bonds. The Balaban J connectivity index is 1.57. The molecule has 0 spiro atoms. The smallest absolute Gasteiger partial charge is 0.233 e. The molecule has 138 valence electrons. The lowest BCUT2D eigenvalue weighted by Crippen LogP contribution is -2.37. The lowest BCUT2D eigenvalue weighted by Gasteiger charge is -2.20. The third kappa shape index (κ3) is 5.76. The molecular weight excluding hydrogens is 339 g/mol. The first-order valence-electron chi connectivity index (χ1n) is 9.07. The molecule has 3 aromatic rings. The highest BCUT2D eigenvalue weighted by molar-refractivity contribution is 5.78. The number of hydrogen-bond donors (Lipinski definition) is 2. The predicted octanol–water partition coefficient (Wildman–Crippen LogP) is 3.86. The first kappa shape index (κ1) is 18.8. The largest absolute Gasteiger partial charge is 0.355 e. The van der Waals surface area contributed by atoms with Gasteiger partial charge in [0.2, 0.25) is 5.91 Å². The number of benzene rings is 3. The molecule has 0 aliphatic carbocycles. The molecule has 0 radical (unpaired) electrons. The van der Waals surface area contributed by atoms with Gasteiger partial charge >= 0.3 is 0 Å². The summed E-state index contributed by atoms with van der Waals surface area (Å²) in [7, 11) is 0. The van der Waals surface area contributed by atoms with E-state index in [4.69, 9.17) is 0 Å². The second-order valence-electron chi connectivity index (χ2n) is 6.36. The van der Waals surface area contributed by atoms with Crippen molar-refractivity contribution < 1.29 is 9.18 Å². The molecule has 0 saturated carbocycles. The Kier molecular flexibility index (Phi) is 6.72. The maximum atomic E-state index is 13.3. The van der Waals surface area contributed by atoms with Crippen LogP contribution >= 0.6 is 0 Å². The van der Waals surface area contributed by atoms with Gasteiger partial charge in [-0.05, 0) is 35.2 Å². The highest BCUT2D eigenvalue weighted by Crippen LogP contribution is 2.22. The van der Waals surface area contributed by atoms with Crippen LogP contribution in [-0.2, 0) is 11.2 Å². The molecule has 1 unspecified atom stereocenters. The summed E-state index contributed by atoms with van der Waals surface area (Å²) in [6, 6.07) is 26.1.